The van der Waals surface area contributed by atoms with Crippen molar-refractivity contribution in [2.75, 3.05) is 16.8 Å². The van der Waals surface area contributed by atoms with Crippen LogP contribution in [-0.4, -0.2) is 38.7 Å². The molecule has 4 aromatic carbocycles. The molecule has 5 aromatic rings. The first-order valence-corrected chi connectivity index (χ1v) is 17.9. The second-order valence-electron chi connectivity index (χ2n) is 12.3. The predicted molar refractivity (Wildman–Crippen MR) is 198 cm³/mol. The van der Waals surface area contributed by atoms with E-state index < -0.39 is 6.29 Å². The third-order valence-corrected chi connectivity index (χ3v) is 9.54. The van der Waals surface area contributed by atoms with Crippen molar-refractivity contribution in [3.8, 4) is 11.1 Å². The van der Waals surface area contributed by atoms with Gasteiger partial charge in [0.15, 0.2) is 11.4 Å². The number of thioether (sulfide) groups is 1. The first kappa shape index (κ1) is 35.7. The van der Waals surface area contributed by atoms with Crippen molar-refractivity contribution in [2.45, 2.75) is 62.5 Å². The number of aliphatic hydroxyl groups excluding tert-OH is 1. The quantitative estimate of drug-likeness (QED) is 0.0546. The standard InChI is InChI=1S/C40H41N5O5S/c41-34-8-1-2-9-35(34)45-38(48)11-4-10-37(47)44-24-28-6-3-7-32(22-28)29-16-18-31(19-17-29)39-49-33(26-51-40-42-20-5-21-43-40)23-36(50-39)30-14-12-27(25-46)13-15-30/h1-3,5-9,12-22,33,36,39,46H,4,10-11,23-26,41H2,(H,44,47)(H,45,48)/t33-,36+,39+/m0/s1. The molecule has 0 saturated carbocycles. The average molecular weight is 704 g/mol. The minimum atomic E-state index is -0.568. The molecule has 0 aliphatic carbocycles. The van der Waals surface area contributed by atoms with Crippen LogP contribution >= 0.6 is 11.8 Å². The van der Waals surface area contributed by atoms with Crippen LogP contribution in [0.15, 0.2) is 121 Å². The van der Waals surface area contributed by atoms with E-state index in [1.54, 1.807) is 54.5 Å². The van der Waals surface area contributed by atoms with Gasteiger partial charge in [-0.25, -0.2) is 9.97 Å². The first-order valence-electron chi connectivity index (χ1n) is 16.9. The number of nitrogens with one attached hydrogen (secondary N) is 2. The van der Waals surface area contributed by atoms with Crippen molar-refractivity contribution in [2.24, 2.45) is 0 Å². The highest BCUT2D eigenvalue weighted by molar-refractivity contribution is 7.99. The number of para-hydroxylation sites is 2. The average Bonchev–Trinajstić information content (AvgIpc) is 3.17. The minimum Gasteiger partial charge on any atom is -0.397 e. The summed E-state index contributed by atoms with van der Waals surface area (Å²) < 4.78 is 13.0. The molecule has 6 rings (SSSR count). The Morgan fingerprint density at radius 2 is 1.55 bits per heavy atom. The molecule has 51 heavy (non-hydrogen) atoms. The monoisotopic (exact) mass is 703 g/mol. The molecule has 5 N–H and O–H groups in total. The summed E-state index contributed by atoms with van der Waals surface area (Å²) in [7, 11) is 0. The summed E-state index contributed by atoms with van der Waals surface area (Å²) in [5.41, 5.74) is 12.8. The number of benzene rings is 4. The van der Waals surface area contributed by atoms with Crippen molar-refractivity contribution in [3.63, 3.8) is 0 Å². The number of carbonyl (C=O) groups excluding carboxylic acids is 2. The zero-order chi connectivity index (χ0) is 35.4. The van der Waals surface area contributed by atoms with Gasteiger partial charge in [0.25, 0.3) is 0 Å². The predicted octanol–water partition coefficient (Wildman–Crippen LogP) is 6.98. The van der Waals surface area contributed by atoms with Gasteiger partial charge in [0.1, 0.15) is 0 Å². The maximum absolute atomic E-state index is 12.5. The molecule has 262 valence electrons. The van der Waals surface area contributed by atoms with Crippen LogP contribution < -0.4 is 16.4 Å². The number of carbonyl (C=O) groups is 2. The molecule has 0 unspecified atom stereocenters. The third-order valence-electron chi connectivity index (χ3n) is 8.53. The van der Waals surface area contributed by atoms with Gasteiger partial charge in [-0.05, 0) is 58.5 Å². The van der Waals surface area contributed by atoms with Crippen LogP contribution in [0.1, 0.15) is 60.3 Å². The number of hydrogen-bond donors (Lipinski definition) is 4. The summed E-state index contributed by atoms with van der Waals surface area (Å²) in [6.07, 6.45) is 4.20. The number of aliphatic hydroxyl groups is 1. The number of rotatable bonds is 14. The fourth-order valence-corrected chi connectivity index (χ4v) is 6.59. The van der Waals surface area contributed by atoms with E-state index in [9.17, 15) is 14.7 Å². The van der Waals surface area contributed by atoms with E-state index in [0.29, 0.717) is 41.7 Å². The lowest BCUT2D eigenvalue weighted by Gasteiger charge is -2.36. The number of ether oxygens (including phenoxy) is 2. The van der Waals surface area contributed by atoms with Crippen LogP contribution in [-0.2, 0) is 32.2 Å². The highest BCUT2D eigenvalue weighted by Crippen LogP contribution is 2.39. The molecule has 11 heteroatoms. The van der Waals surface area contributed by atoms with Crippen LogP contribution in [0.25, 0.3) is 11.1 Å². The summed E-state index contributed by atoms with van der Waals surface area (Å²) in [5.74, 6) is 0.390. The lowest BCUT2D eigenvalue weighted by atomic mass is 9.99. The molecule has 1 aromatic heterocycles. The van der Waals surface area contributed by atoms with Crippen LogP contribution in [0, 0.1) is 0 Å². The van der Waals surface area contributed by atoms with Crippen LogP contribution in [0.4, 0.5) is 11.4 Å². The molecule has 0 spiro atoms. The normalized spacial score (nSPS) is 17.1. The second kappa shape index (κ2) is 17.7. The van der Waals surface area contributed by atoms with Crippen molar-refractivity contribution in [3.05, 3.63) is 138 Å². The lowest BCUT2D eigenvalue weighted by Crippen LogP contribution is -2.31. The Kier molecular flexibility index (Phi) is 12.4. The smallest absolute Gasteiger partial charge is 0.224 e. The van der Waals surface area contributed by atoms with E-state index in [4.69, 9.17) is 15.2 Å². The Morgan fingerprint density at radius 3 is 2.31 bits per heavy atom. The third kappa shape index (κ3) is 10.2. The molecule has 2 amide bonds. The highest BCUT2D eigenvalue weighted by atomic mass is 32.2. The second-order valence-corrected chi connectivity index (χ2v) is 13.3. The van der Waals surface area contributed by atoms with Gasteiger partial charge in [-0.2, -0.15) is 0 Å². The summed E-state index contributed by atoms with van der Waals surface area (Å²) in [6.45, 7) is 0.376. The topological polar surface area (TPSA) is 149 Å². The first-order chi connectivity index (χ1) is 24.9. The van der Waals surface area contributed by atoms with Crippen molar-refractivity contribution < 1.29 is 24.2 Å². The number of amides is 2. The SMILES string of the molecule is Nc1ccccc1NC(=O)CCCC(=O)NCc1cccc(-c2ccc([C@@H]3O[C@H](CSc4ncccn4)C[C@H](c4ccc(CO)cc4)O3)cc2)c1. The number of anilines is 2. The maximum atomic E-state index is 12.5. The number of nitrogens with zero attached hydrogens (tertiary/aromatic N) is 2. The van der Waals surface area contributed by atoms with Crippen LogP contribution in [0.5, 0.6) is 0 Å². The Labute approximate surface area is 301 Å². The zero-order valence-corrected chi connectivity index (χ0v) is 28.9. The van der Waals surface area contributed by atoms with E-state index >= 15 is 0 Å². The molecular formula is C40H41N5O5S. The molecule has 0 bridgehead atoms. The minimum absolute atomic E-state index is 0.00817. The summed E-state index contributed by atoms with van der Waals surface area (Å²) in [4.78, 5) is 33.5. The van der Waals surface area contributed by atoms with Crippen LogP contribution in [0.2, 0.25) is 0 Å². The molecule has 0 radical (unpaired) electrons. The molecule has 1 aliphatic rings. The number of aromatic nitrogens is 2. The van der Waals surface area contributed by atoms with Crippen molar-refractivity contribution >= 4 is 35.0 Å². The van der Waals surface area contributed by atoms with E-state index in [2.05, 4.69) is 38.8 Å². The van der Waals surface area contributed by atoms with Crippen molar-refractivity contribution in [1.29, 1.82) is 0 Å². The van der Waals surface area contributed by atoms with E-state index in [1.165, 1.54) is 0 Å². The number of nitrogens with two attached hydrogens (primary N) is 1. The molecular weight excluding hydrogens is 663 g/mol. The molecule has 1 aliphatic heterocycles. The maximum Gasteiger partial charge on any atom is 0.224 e. The van der Waals surface area contributed by atoms with Gasteiger partial charge >= 0.3 is 0 Å². The van der Waals surface area contributed by atoms with Gasteiger partial charge in [0.2, 0.25) is 11.8 Å². The Balaban J connectivity index is 1.04. The fraction of sp³-hybridized carbons (Fsp3) is 0.250. The summed E-state index contributed by atoms with van der Waals surface area (Å²) in [5, 5.41) is 16.0. The molecule has 1 saturated heterocycles. The molecule has 1 fully saturated rings. The Hall–Kier alpha value is -5.07. The van der Waals surface area contributed by atoms with Gasteiger partial charge in [-0.3, -0.25) is 9.59 Å². The van der Waals surface area contributed by atoms with Crippen LogP contribution in [0.3, 0.4) is 0 Å². The van der Waals surface area contributed by atoms with Gasteiger partial charge in [0, 0.05) is 49.5 Å². The van der Waals surface area contributed by atoms with Gasteiger partial charge in [-0.1, -0.05) is 90.6 Å². The van der Waals surface area contributed by atoms with E-state index in [-0.39, 0.29) is 43.5 Å². The lowest BCUT2D eigenvalue weighted by molar-refractivity contribution is -0.245. The fourth-order valence-electron chi connectivity index (χ4n) is 5.77. The molecule has 10 nitrogen and oxygen atoms in total. The van der Waals surface area contributed by atoms with Gasteiger partial charge in [0.05, 0.1) is 30.2 Å². The van der Waals surface area contributed by atoms with Gasteiger partial charge in [-0.15, -0.1) is 0 Å². The van der Waals surface area contributed by atoms with E-state index in [0.717, 1.165) is 33.4 Å². The number of nitrogen functional groups attached to an aromatic ring is 1. The molecule has 2 heterocycles. The Morgan fingerprint density at radius 1 is 0.804 bits per heavy atom. The van der Waals surface area contributed by atoms with E-state index in [1.807, 2.05) is 54.6 Å². The van der Waals surface area contributed by atoms with Crippen molar-refractivity contribution in [1.82, 2.24) is 15.3 Å². The summed E-state index contributed by atoms with van der Waals surface area (Å²) >= 11 is 1.56. The molecule has 3 atom stereocenters. The zero-order valence-electron chi connectivity index (χ0n) is 28.1. The largest absolute Gasteiger partial charge is 0.397 e. The van der Waals surface area contributed by atoms with Gasteiger partial charge < -0.3 is 30.9 Å². The summed E-state index contributed by atoms with van der Waals surface area (Å²) in [6, 6.07) is 32.9. The number of hydrogen-bond acceptors (Lipinski definition) is 9. The Bertz CT molecular complexity index is 1890. The highest BCUT2D eigenvalue weighted by Gasteiger charge is 2.32.